The summed E-state index contributed by atoms with van der Waals surface area (Å²) >= 11 is 0. The second-order valence-electron chi connectivity index (χ2n) is 8.38. The van der Waals surface area contributed by atoms with Crippen LogP contribution in [0.25, 0.3) is 21.9 Å². The zero-order valence-electron chi connectivity index (χ0n) is 17.1. The highest BCUT2D eigenvalue weighted by molar-refractivity contribution is 6.08. The lowest BCUT2D eigenvalue weighted by molar-refractivity contribution is -0.927. The van der Waals surface area contributed by atoms with Crippen LogP contribution < -0.4 is 10.1 Å². The van der Waals surface area contributed by atoms with E-state index in [4.69, 9.17) is 9.15 Å². The number of quaternary nitrogens is 1. The number of para-hydroxylation sites is 1. The van der Waals surface area contributed by atoms with Crippen molar-refractivity contribution in [2.24, 2.45) is 0 Å². The minimum absolute atomic E-state index is 0.00524. The second kappa shape index (κ2) is 7.13. The molecule has 5 heteroatoms. The van der Waals surface area contributed by atoms with E-state index in [9.17, 15) is 4.79 Å². The van der Waals surface area contributed by atoms with Gasteiger partial charge >= 0.3 is 0 Å². The fraction of sp³-hybridized carbons (Fsp3) is 0.435. The molecule has 0 saturated heterocycles. The molecule has 1 saturated carbocycles. The van der Waals surface area contributed by atoms with Crippen molar-refractivity contribution in [2.75, 3.05) is 26.5 Å². The molecule has 1 amide bonds. The van der Waals surface area contributed by atoms with E-state index in [-0.39, 0.29) is 11.9 Å². The lowest BCUT2D eigenvalue weighted by Gasteiger charge is -2.40. The van der Waals surface area contributed by atoms with Gasteiger partial charge in [-0.1, -0.05) is 18.2 Å². The molecule has 1 heterocycles. The molecule has 1 fully saturated rings. The number of amides is 1. The van der Waals surface area contributed by atoms with E-state index >= 15 is 0 Å². The summed E-state index contributed by atoms with van der Waals surface area (Å²) in [5.41, 5.74) is 2.22. The first kappa shape index (κ1) is 18.8. The Balaban J connectivity index is 1.64. The summed E-state index contributed by atoms with van der Waals surface area (Å²) in [7, 11) is 5.96. The number of anilines is 1. The molecule has 1 aliphatic rings. The fourth-order valence-electron chi connectivity index (χ4n) is 4.44. The maximum absolute atomic E-state index is 13.1. The Morgan fingerprint density at radius 3 is 2.57 bits per heavy atom. The Morgan fingerprint density at radius 1 is 1.14 bits per heavy atom. The molecule has 0 bridgehead atoms. The van der Waals surface area contributed by atoms with Gasteiger partial charge in [-0.2, -0.15) is 0 Å². The molecular formula is C23H29N2O3+. The zero-order chi connectivity index (χ0) is 19.9. The highest BCUT2D eigenvalue weighted by Gasteiger charge is 2.39. The quantitative estimate of drug-likeness (QED) is 0.637. The van der Waals surface area contributed by atoms with E-state index in [0.717, 1.165) is 21.9 Å². The van der Waals surface area contributed by atoms with Gasteiger partial charge in [0.05, 0.1) is 32.9 Å². The van der Waals surface area contributed by atoms with Crippen LogP contribution in [0.3, 0.4) is 0 Å². The standard InChI is InChI=1S/C23H28N2O3/c1-15(25(2,3)16-9-5-6-10-16)23(26)24-19-14-21-18(13-22(19)27-4)17-11-7-8-12-20(17)28-21/h7-8,11-16H,5-6,9-10H2,1-4H3/p+1/t15-/m0/s1. The van der Waals surface area contributed by atoms with E-state index in [0.29, 0.717) is 22.0 Å². The van der Waals surface area contributed by atoms with E-state index in [1.807, 2.05) is 43.3 Å². The molecule has 1 N–H and O–H groups in total. The normalized spacial score (nSPS) is 16.6. The highest BCUT2D eigenvalue weighted by Crippen LogP contribution is 2.37. The smallest absolute Gasteiger partial charge is 0.282 e. The van der Waals surface area contributed by atoms with Gasteiger partial charge in [-0.3, -0.25) is 4.79 Å². The summed E-state index contributed by atoms with van der Waals surface area (Å²) in [4.78, 5) is 13.1. The number of furan rings is 1. The molecule has 28 heavy (non-hydrogen) atoms. The number of methoxy groups -OCH3 is 1. The SMILES string of the molecule is COc1cc2c(cc1NC(=O)[C@H](C)[N+](C)(C)C1CCCC1)oc1ccccc12. The van der Waals surface area contributed by atoms with Crippen LogP contribution in [0.1, 0.15) is 32.6 Å². The van der Waals surface area contributed by atoms with E-state index in [1.54, 1.807) is 7.11 Å². The van der Waals surface area contributed by atoms with Gasteiger partial charge < -0.3 is 19.0 Å². The van der Waals surface area contributed by atoms with Crippen LogP contribution in [0.4, 0.5) is 5.69 Å². The van der Waals surface area contributed by atoms with Gasteiger partial charge in [0, 0.05) is 16.8 Å². The molecule has 1 aliphatic carbocycles. The number of hydrogen-bond acceptors (Lipinski definition) is 3. The highest BCUT2D eigenvalue weighted by atomic mass is 16.5. The third kappa shape index (κ3) is 3.14. The van der Waals surface area contributed by atoms with Gasteiger partial charge in [-0.25, -0.2) is 0 Å². The average Bonchev–Trinajstić information content (AvgIpc) is 3.34. The van der Waals surface area contributed by atoms with Gasteiger partial charge in [0.25, 0.3) is 5.91 Å². The second-order valence-corrected chi connectivity index (χ2v) is 8.38. The van der Waals surface area contributed by atoms with Crippen molar-refractivity contribution in [1.82, 2.24) is 0 Å². The maximum atomic E-state index is 13.1. The van der Waals surface area contributed by atoms with Crippen molar-refractivity contribution in [3.05, 3.63) is 36.4 Å². The van der Waals surface area contributed by atoms with E-state index < -0.39 is 0 Å². The van der Waals surface area contributed by atoms with Crippen molar-refractivity contribution < 1.29 is 18.4 Å². The van der Waals surface area contributed by atoms with Gasteiger partial charge in [-0.15, -0.1) is 0 Å². The maximum Gasteiger partial charge on any atom is 0.282 e. The Labute approximate surface area is 165 Å². The van der Waals surface area contributed by atoms with Crippen molar-refractivity contribution >= 4 is 33.5 Å². The van der Waals surface area contributed by atoms with Crippen molar-refractivity contribution in [1.29, 1.82) is 0 Å². The molecule has 0 radical (unpaired) electrons. The Kier molecular flexibility index (Phi) is 4.79. The number of benzene rings is 2. The molecule has 4 rings (SSSR count). The first-order valence-corrected chi connectivity index (χ1v) is 10.1. The first-order chi connectivity index (χ1) is 13.4. The summed E-state index contributed by atoms with van der Waals surface area (Å²) in [6.07, 6.45) is 4.91. The number of rotatable bonds is 5. The van der Waals surface area contributed by atoms with Crippen LogP contribution in [0, 0.1) is 0 Å². The van der Waals surface area contributed by atoms with Crippen molar-refractivity contribution in [3.8, 4) is 5.75 Å². The Morgan fingerprint density at radius 2 is 1.86 bits per heavy atom. The molecule has 1 aromatic heterocycles. The topological polar surface area (TPSA) is 51.5 Å². The minimum Gasteiger partial charge on any atom is -0.495 e. The molecule has 3 aromatic rings. The number of likely N-dealkylation sites (N-methyl/N-ethyl adjacent to an activating group) is 1. The number of fused-ring (bicyclic) bond motifs is 3. The third-order valence-corrected chi connectivity index (χ3v) is 6.60. The third-order valence-electron chi connectivity index (χ3n) is 6.60. The molecular weight excluding hydrogens is 352 g/mol. The van der Waals surface area contributed by atoms with Crippen LogP contribution in [-0.2, 0) is 4.79 Å². The first-order valence-electron chi connectivity index (χ1n) is 10.1. The van der Waals surface area contributed by atoms with Gasteiger partial charge in [-0.05, 0) is 44.7 Å². The molecule has 1 atom stereocenters. The molecule has 0 spiro atoms. The Bertz CT molecular complexity index is 1020. The molecule has 148 valence electrons. The van der Waals surface area contributed by atoms with Crippen LogP contribution >= 0.6 is 0 Å². The van der Waals surface area contributed by atoms with Crippen LogP contribution in [0.5, 0.6) is 5.75 Å². The van der Waals surface area contributed by atoms with Crippen molar-refractivity contribution in [2.45, 2.75) is 44.7 Å². The summed E-state index contributed by atoms with van der Waals surface area (Å²) in [6, 6.07) is 12.1. The number of nitrogens with one attached hydrogen (secondary N) is 1. The molecule has 5 nitrogen and oxygen atoms in total. The number of nitrogens with zero attached hydrogens (tertiary/aromatic N) is 1. The van der Waals surface area contributed by atoms with Crippen molar-refractivity contribution in [3.63, 3.8) is 0 Å². The minimum atomic E-state index is -0.154. The van der Waals surface area contributed by atoms with Crippen LogP contribution in [0.15, 0.2) is 40.8 Å². The average molecular weight is 381 g/mol. The molecule has 2 aromatic carbocycles. The van der Waals surface area contributed by atoms with E-state index in [2.05, 4.69) is 19.4 Å². The summed E-state index contributed by atoms with van der Waals surface area (Å²) in [6.45, 7) is 2.01. The lowest BCUT2D eigenvalue weighted by atomic mass is 10.1. The van der Waals surface area contributed by atoms with E-state index in [1.165, 1.54) is 25.7 Å². The summed E-state index contributed by atoms with van der Waals surface area (Å²) in [5.74, 6) is 0.649. The molecule has 0 unspecified atom stereocenters. The monoisotopic (exact) mass is 381 g/mol. The fourth-order valence-corrected chi connectivity index (χ4v) is 4.44. The van der Waals surface area contributed by atoms with Crippen LogP contribution in [-0.4, -0.2) is 43.7 Å². The summed E-state index contributed by atoms with van der Waals surface area (Å²) < 4.78 is 12.3. The number of carbonyl (C=O) groups excluding carboxylic acids is 1. The van der Waals surface area contributed by atoms with Gasteiger partial charge in [0.1, 0.15) is 16.9 Å². The van der Waals surface area contributed by atoms with Crippen LogP contribution in [0.2, 0.25) is 0 Å². The Hall–Kier alpha value is -2.53. The van der Waals surface area contributed by atoms with Gasteiger partial charge in [0.2, 0.25) is 0 Å². The van der Waals surface area contributed by atoms with Gasteiger partial charge in [0.15, 0.2) is 6.04 Å². The summed E-state index contributed by atoms with van der Waals surface area (Å²) in [5, 5.41) is 5.12. The molecule has 0 aliphatic heterocycles. The lowest BCUT2D eigenvalue weighted by Crippen LogP contribution is -2.58. The predicted molar refractivity (Wildman–Crippen MR) is 113 cm³/mol. The zero-order valence-corrected chi connectivity index (χ0v) is 17.1. The largest absolute Gasteiger partial charge is 0.495 e. The predicted octanol–water partition coefficient (Wildman–Crippen LogP) is 4.94. The number of hydrogen-bond donors (Lipinski definition) is 1. The number of carbonyl (C=O) groups is 1. The number of ether oxygens (including phenoxy) is 1.